The minimum Gasteiger partial charge on any atom is -0.339 e. The van der Waals surface area contributed by atoms with E-state index in [1.807, 2.05) is 0 Å². The Kier molecular flexibility index (Phi) is 4.91. The molecule has 2 saturated carbocycles. The van der Waals surface area contributed by atoms with E-state index < -0.39 is 17.5 Å². The molecule has 1 saturated heterocycles. The number of halogens is 2. The summed E-state index contributed by atoms with van der Waals surface area (Å²) >= 11 is 0. The molecule has 0 aromatic heterocycles. The Bertz CT molecular complexity index is 738. The summed E-state index contributed by atoms with van der Waals surface area (Å²) in [7, 11) is 0. The average molecular weight is 376 g/mol. The first-order valence-electron chi connectivity index (χ1n) is 10.0. The van der Waals surface area contributed by atoms with E-state index in [4.69, 9.17) is 0 Å². The number of rotatable bonds is 5. The Morgan fingerprint density at radius 3 is 2.30 bits per heavy atom. The zero-order chi connectivity index (χ0) is 19.1. The minimum absolute atomic E-state index is 0.0612. The Balaban J connectivity index is 1.38. The number of carbonyl (C=O) groups is 2. The van der Waals surface area contributed by atoms with Crippen molar-refractivity contribution in [3.05, 3.63) is 35.4 Å². The van der Waals surface area contributed by atoms with Crippen LogP contribution in [0, 0.1) is 23.5 Å². The van der Waals surface area contributed by atoms with Gasteiger partial charge in [0.25, 0.3) is 5.91 Å². The van der Waals surface area contributed by atoms with Gasteiger partial charge in [0, 0.05) is 37.2 Å². The molecule has 1 unspecified atom stereocenters. The first-order chi connectivity index (χ1) is 13.0. The van der Waals surface area contributed by atoms with E-state index >= 15 is 0 Å². The molecule has 4 rings (SSSR count). The zero-order valence-electron chi connectivity index (χ0n) is 15.7. The van der Waals surface area contributed by atoms with E-state index in [1.165, 1.54) is 18.9 Å². The number of benzene rings is 1. The lowest BCUT2D eigenvalue weighted by Gasteiger charge is -2.37. The predicted molar refractivity (Wildman–Crippen MR) is 97.0 cm³/mol. The third-order valence-electron chi connectivity index (χ3n) is 6.23. The molecule has 1 aromatic carbocycles. The molecule has 0 radical (unpaired) electrons. The van der Waals surface area contributed by atoms with Gasteiger partial charge >= 0.3 is 0 Å². The van der Waals surface area contributed by atoms with Crippen LogP contribution in [-0.4, -0.2) is 46.8 Å². The van der Waals surface area contributed by atoms with Gasteiger partial charge in [-0.15, -0.1) is 0 Å². The van der Waals surface area contributed by atoms with Crippen LogP contribution in [0.15, 0.2) is 18.2 Å². The molecular formula is C21H26F2N2O2. The highest BCUT2D eigenvalue weighted by Gasteiger charge is 2.44. The van der Waals surface area contributed by atoms with Gasteiger partial charge in [-0.2, -0.15) is 0 Å². The molecule has 2 aliphatic carbocycles. The highest BCUT2D eigenvalue weighted by molar-refractivity contribution is 5.94. The molecule has 6 heteroatoms. The van der Waals surface area contributed by atoms with Gasteiger partial charge in [-0.1, -0.05) is 0 Å². The maximum absolute atomic E-state index is 13.9. The number of likely N-dealkylation sites (tertiary alicyclic amines) is 1. The number of piperidine rings is 1. The van der Waals surface area contributed by atoms with Gasteiger partial charge in [0.05, 0.1) is 5.56 Å². The summed E-state index contributed by atoms with van der Waals surface area (Å²) in [5.41, 5.74) is -0.108. The summed E-state index contributed by atoms with van der Waals surface area (Å²) < 4.78 is 26.9. The van der Waals surface area contributed by atoms with Crippen LogP contribution in [-0.2, 0) is 4.79 Å². The predicted octanol–water partition coefficient (Wildman–Crippen LogP) is 3.61. The smallest absolute Gasteiger partial charge is 0.256 e. The summed E-state index contributed by atoms with van der Waals surface area (Å²) in [5.74, 6) is -1.14. The van der Waals surface area contributed by atoms with E-state index in [2.05, 4.69) is 11.8 Å². The number of hydrogen-bond acceptors (Lipinski definition) is 2. The maximum atomic E-state index is 13.9. The normalized spacial score (nSPS) is 21.8. The van der Waals surface area contributed by atoms with Gasteiger partial charge in [0.15, 0.2) is 0 Å². The van der Waals surface area contributed by atoms with Crippen molar-refractivity contribution in [2.24, 2.45) is 11.8 Å². The van der Waals surface area contributed by atoms with Crippen LogP contribution in [0.5, 0.6) is 0 Å². The molecule has 146 valence electrons. The van der Waals surface area contributed by atoms with Gasteiger partial charge in [-0.25, -0.2) is 8.78 Å². The second-order valence-electron chi connectivity index (χ2n) is 8.25. The van der Waals surface area contributed by atoms with Crippen molar-refractivity contribution in [1.82, 2.24) is 9.80 Å². The lowest BCUT2D eigenvalue weighted by molar-refractivity contribution is -0.140. The quantitative estimate of drug-likeness (QED) is 0.788. The SMILES string of the molecule is CC(C1CC1)N(C(=O)C1CCN(C(=O)c2ccc(F)cc2F)CC1)C1CC1. The van der Waals surface area contributed by atoms with Gasteiger partial charge in [0.2, 0.25) is 5.91 Å². The average Bonchev–Trinajstić information content (AvgIpc) is 3.55. The van der Waals surface area contributed by atoms with Crippen molar-refractivity contribution in [2.45, 2.75) is 57.5 Å². The Morgan fingerprint density at radius 1 is 1.07 bits per heavy atom. The second kappa shape index (κ2) is 7.21. The summed E-state index contributed by atoms with van der Waals surface area (Å²) in [4.78, 5) is 29.3. The molecule has 3 aliphatic rings. The van der Waals surface area contributed by atoms with Gasteiger partial charge in [-0.3, -0.25) is 9.59 Å². The van der Waals surface area contributed by atoms with Gasteiger partial charge < -0.3 is 9.80 Å². The van der Waals surface area contributed by atoms with Crippen molar-refractivity contribution < 1.29 is 18.4 Å². The fourth-order valence-electron chi connectivity index (χ4n) is 4.25. The molecule has 27 heavy (non-hydrogen) atoms. The Labute approximate surface area is 158 Å². The largest absolute Gasteiger partial charge is 0.339 e. The van der Waals surface area contributed by atoms with Crippen LogP contribution in [0.1, 0.15) is 55.8 Å². The second-order valence-corrected chi connectivity index (χ2v) is 8.25. The van der Waals surface area contributed by atoms with Crippen LogP contribution in [0.25, 0.3) is 0 Å². The highest BCUT2D eigenvalue weighted by Crippen LogP contribution is 2.41. The van der Waals surface area contributed by atoms with Crippen LogP contribution < -0.4 is 0 Å². The lowest BCUT2D eigenvalue weighted by atomic mass is 9.93. The summed E-state index contributed by atoms with van der Waals surface area (Å²) in [6, 6.07) is 3.74. The Morgan fingerprint density at radius 2 is 1.74 bits per heavy atom. The van der Waals surface area contributed by atoms with Crippen molar-refractivity contribution >= 4 is 11.8 Å². The third kappa shape index (κ3) is 3.85. The zero-order valence-corrected chi connectivity index (χ0v) is 15.7. The number of amides is 2. The molecule has 0 bridgehead atoms. The third-order valence-corrected chi connectivity index (χ3v) is 6.23. The fraction of sp³-hybridized carbons (Fsp3) is 0.619. The van der Waals surface area contributed by atoms with Crippen LogP contribution in [0.2, 0.25) is 0 Å². The standard InChI is InChI=1S/C21H26F2N2O2/c1-13(14-2-3-14)25(17-5-6-17)20(26)15-8-10-24(11-9-15)21(27)18-7-4-16(22)12-19(18)23/h4,7,12-15,17H,2-3,5-6,8-11H2,1H3. The fourth-order valence-corrected chi connectivity index (χ4v) is 4.25. The first-order valence-corrected chi connectivity index (χ1v) is 10.0. The Hall–Kier alpha value is -1.98. The van der Waals surface area contributed by atoms with Gasteiger partial charge in [0.1, 0.15) is 11.6 Å². The molecule has 0 N–H and O–H groups in total. The van der Waals surface area contributed by atoms with Crippen molar-refractivity contribution in [3.63, 3.8) is 0 Å². The molecule has 1 heterocycles. The van der Waals surface area contributed by atoms with Crippen LogP contribution in [0.4, 0.5) is 8.78 Å². The first kappa shape index (κ1) is 18.4. The molecule has 3 fully saturated rings. The van der Waals surface area contributed by atoms with Gasteiger partial charge in [-0.05, 0) is 63.5 Å². The summed E-state index contributed by atoms with van der Waals surface area (Å²) in [5, 5.41) is 0. The molecular weight excluding hydrogens is 350 g/mol. The number of hydrogen-bond donors (Lipinski definition) is 0. The van der Waals surface area contributed by atoms with E-state index in [0.29, 0.717) is 43.9 Å². The minimum atomic E-state index is -0.837. The molecule has 1 aliphatic heterocycles. The topological polar surface area (TPSA) is 40.6 Å². The molecule has 4 nitrogen and oxygen atoms in total. The highest BCUT2D eigenvalue weighted by atomic mass is 19.1. The van der Waals surface area contributed by atoms with Crippen molar-refractivity contribution in [3.8, 4) is 0 Å². The lowest BCUT2D eigenvalue weighted by Crippen LogP contribution is -2.48. The van der Waals surface area contributed by atoms with Crippen molar-refractivity contribution in [2.75, 3.05) is 13.1 Å². The van der Waals surface area contributed by atoms with Crippen LogP contribution in [0.3, 0.4) is 0 Å². The van der Waals surface area contributed by atoms with Crippen molar-refractivity contribution in [1.29, 1.82) is 0 Å². The molecule has 0 spiro atoms. The van der Waals surface area contributed by atoms with E-state index in [0.717, 1.165) is 25.0 Å². The van der Waals surface area contributed by atoms with Crippen LogP contribution >= 0.6 is 0 Å². The molecule has 1 aromatic rings. The number of carbonyl (C=O) groups excluding carboxylic acids is 2. The number of nitrogens with zero attached hydrogens (tertiary/aromatic N) is 2. The molecule has 1 atom stereocenters. The van der Waals surface area contributed by atoms with E-state index in [-0.39, 0.29) is 17.4 Å². The summed E-state index contributed by atoms with van der Waals surface area (Å²) in [6.45, 7) is 3.04. The van der Waals surface area contributed by atoms with E-state index in [9.17, 15) is 18.4 Å². The van der Waals surface area contributed by atoms with E-state index in [1.54, 1.807) is 4.90 Å². The maximum Gasteiger partial charge on any atom is 0.256 e. The molecule has 2 amide bonds. The summed E-state index contributed by atoms with van der Waals surface area (Å²) in [6.07, 6.45) is 5.84. The monoisotopic (exact) mass is 376 g/mol.